The van der Waals surface area contributed by atoms with Crippen LogP contribution in [0.5, 0.6) is 11.5 Å². The first-order chi connectivity index (χ1) is 11.6. The van der Waals surface area contributed by atoms with Gasteiger partial charge < -0.3 is 35.3 Å². The SMILES string of the molecule is C[C@@H]1COC[C@@](CO)(CNC(=O)Nc2cccc3c2OCCO3)N1. The van der Waals surface area contributed by atoms with Gasteiger partial charge in [0.2, 0.25) is 0 Å². The van der Waals surface area contributed by atoms with Crippen LogP contribution >= 0.6 is 0 Å². The zero-order valence-corrected chi connectivity index (χ0v) is 13.6. The van der Waals surface area contributed by atoms with Gasteiger partial charge in [-0.1, -0.05) is 6.07 Å². The van der Waals surface area contributed by atoms with Crippen molar-refractivity contribution in [3.05, 3.63) is 18.2 Å². The summed E-state index contributed by atoms with van der Waals surface area (Å²) in [4.78, 5) is 12.2. The van der Waals surface area contributed by atoms with Gasteiger partial charge in [-0.05, 0) is 19.1 Å². The molecular weight excluding hydrogens is 314 g/mol. The molecule has 2 aliphatic heterocycles. The van der Waals surface area contributed by atoms with Gasteiger partial charge in [0, 0.05) is 12.6 Å². The molecule has 0 radical (unpaired) electrons. The molecule has 2 atom stereocenters. The van der Waals surface area contributed by atoms with E-state index in [1.54, 1.807) is 18.2 Å². The molecule has 1 saturated heterocycles. The number of benzene rings is 1. The van der Waals surface area contributed by atoms with E-state index in [4.69, 9.17) is 14.2 Å². The van der Waals surface area contributed by atoms with Crippen LogP contribution in [0, 0.1) is 0 Å². The number of hydrogen-bond donors (Lipinski definition) is 4. The van der Waals surface area contributed by atoms with Crippen LogP contribution in [0.1, 0.15) is 6.92 Å². The Hall–Kier alpha value is -2.03. The van der Waals surface area contributed by atoms with Gasteiger partial charge in [0.15, 0.2) is 11.5 Å². The van der Waals surface area contributed by atoms with E-state index < -0.39 is 5.54 Å². The number of fused-ring (bicyclic) bond motifs is 1. The van der Waals surface area contributed by atoms with Crippen LogP contribution in [-0.4, -0.2) is 62.3 Å². The summed E-state index contributed by atoms with van der Waals surface area (Å²) < 4.78 is 16.5. The first kappa shape index (κ1) is 16.8. The maximum absolute atomic E-state index is 12.2. The van der Waals surface area contributed by atoms with Crippen molar-refractivity contribution in [2.75, 3.05) is 44.9 Å². The average Bonchev–Trinajstić information content (AvgIpc) is 2.60. The molecule has 8 nitrogen and oxygen atoms in total. The Labute approximate surface area is 140 Å². The largest absolute Gasteiger partial charge is 0.486 e. The summed E-state index contributed by atoms with van der Waals surface area (Å²) in [7, 11) is 0. The van der Waals surface area contributed by atoms with E-state index in [1.165, 1.54) is 0 Å². The number of carbonyl (C=O) groups excluding carboxylic acids is 1. The van der Waals surface area contributed by atoms with Gasteiger partial charge >= 0.3 is 6.03 Å². The van der Waals surface area contributed by atoms with Crippen molar-refractivity contribution in [3.63, 3.8) is 0 Å². The lowest BCUT2D eigenvalue weighted by Crippen LogP contribution is -2.65. The summed E-state index contributed by atoms with van der Waals surface area (Å²) in [6, 6.07) is 5.06. The number of aliphatic hydroxyl groups excluding tert-OH is 1. The summed E-state index contributed by atoms with van der Waals surface area (Å²) >= 11 is 0. The Morgan fingerprint density at radius 1 is 1.42 bits per heavy atom. The average molecular weight is 337 g/mol. The predicted molar refractivity (Wildman–Crippen MR) is 87.7 cm³/mol. The lowest BCUT2D eigenvalue weighted by atomic mass is 9.99. The first-order valence-electron chi connectivity index (χ1n) is 8.02. The highest BCUT2D eigenvalue weighted by molar-refractivity contribution is 5.91. The second kappa shape index (κ2) is 7.25. The number of amides is 2. The Kier molecular flexibility index (Phi) is 5.08. The highest BCUT2D eigenvalue weighted by atomic mass is 16.6. The number of carbonyl (C=O) groups is 1. The molecule has 3 rings (SSSR count). The zero-order valence-electron chi connectivity index (χ0n) is 13.6. The summed E-state index contributed by atoms with van der Waals surface area (Å²) in [5.74, 6) is 1.14. The van der Waals surface area contributed by atoms with Crippen molar-refractivity contribution in [1.82, 2.24) is 10.6 Å². The molecule has 0 unspecified atom stereocenters. The van der Waals surface area contributed by atoms with Gasteiger partial charge in [0.05, 0.1) is 31.0 Å². The Bertz CT molecular complexity index is 597. The molecule has 2 aliphatic rings. The molecule has 0 spiro atoms. The van der Waals surface area contributed by atoms with Crippen molar-refractivity contribution in [1.29, 1.82) is 0 Å². The maximum atomic E-state index is 12.2. The number of para-hydroxylation sites is 1. The van der Waals surface area contributed by atoms with Crippen molar-refractivity contribution >= 4 is 11.7 Å². The van der Waals surface area contributed by atoms with Gasteiger partial charge in [-0.15, -0.1) is 0 Å². The van der Waals surface area contributed by atoms with Gasteiger partial charge in [0.25, 0.3) is 0 Å². The Morgan fingerprint density at radius 3 is 3.04 bits per heavy atom. The highest BCUT2D eigenvalue weighted by Crippen LogP contribution is 2.37. The molecule has 4 N–H and O–H groups in total. The molecule has 24 heavy (non-hydrogen) atoms. The number of ether oxygens (including phenoxy) is 3. The minimum Gasteiger partial charge on any atom is -0.486 e. The van der Waals surface area contributed by atoms with E-state index >= 15 is 0 Å². The summed E-state index contributed by atoms with van der Waals surface area (Å²) in [6.07, 6.45) is 0. The summed E-state index contributed by atoms with van der Waals surface area (Å²) in [5.41, 5.74) is -0.131. The van der Waals surface area contributed by atoms with Gasteiger partial charge in [0.1, 0.15) is 13.2 Å². The van der Waals surface area contributed by atoms with E-state index in [1.807, 2.05) is 6.92 Å². The van der Waals surface area contributed by atoms with Crippen LogP contribution in [0.15, 0.2) is 18.2 Å². The molecule has 132 valence electrons. The Morgan fingerprint density at radius 2 is 2.25 bits per heavy atom. The number of nitrogens with one attached hydrogen (secondary N) is 3. The van der Waals surface area contributed by atoms with E-state index in [-0.39, 0.29) is 25.2 Å². The number of urea groups is 1. The van der Waals surface area contributed by atoms with E-state index in [2.05, 4.69) is 16.0 Å². The molecule has 1 aromatic rings. The second-order valence-corrected chi connectivity index (χ2v) is 6.14. The molecular formula is C16H23N3O5. The molecule has 2 heterocycles. The number of hydrogen-bond acceptors (Lipinski definition) is 6. The highest BCUT2D eigenvalue weighted by Gasteiger charge is 2.35. The lowest BCUT2D eigenvalue weighted by Gasteiger charge is -2.39. The standard InChI is InChI=1S/C16H23N3O5/c1-11-7-22-10-16(9-20,19-11)8-17-15(21)18-12-3-2-4-13-14(12)24-6-5-23-13/h2-4,11,19-20H,5-10H2,1H3,(H2,17,18,21)/t11-,16+/m1/s1. The van der Waals surface area contributed by atoms with Crippen LogP contribution in [0.4, 0.5) is 10.5 Å². The van der Waals surface area contributed by atoms with Crippen molar-refractivity contribution in [3.8, 4) is 11.5 Å². The summed E-state index contributed by atoms with van der Waals surface area (Å²) in [6.45, 7) is 3.94. The maximum Gasteiger partial charge on any atom is 0.319 e. The molecule has 0 aromatic heterocycles. The molecule has 2 amide bonds. The zero-order chi connectivity index (χ0) is 17.0. The number of morpholine rings is 1. The van der Waals surface area contributed by atoms with Crippen LogP contribution < -0.4 is 25.4 Å². The molecule has 0 aliphatic carbocycles. The van der Waals surface area contributed by atoms with Gasteiger partial charge in [-0.25, -0.2) is 4.79 Å². The molecule has 0 saturated carbocycles. The minimum absolute atomic E-state index is 0.113. The Balaban J connectivity index is 1.60. The van der Waals surface area contributed by atoms with E-state index in [0.717, 1.165) is 0 Å². The first-order valence-corrected chi connectivity index (χ1v) is 8.02. The fourth-order valence-corrected chi connectivity index (χ4v) is 2.87. The predicted octanol–water partition coefficient (Wildman–Crippen LogP) is 0.319. The normalized spacial score (nSPS) is 25.8. The van der Waals surface area contributed by atoms with Crippen LogP contribution in [0.25, 0.3) is 0 Å². The quantitative estimate of drug-likeness (QED) is 0.631. The lowest BCUT2D eigenvalue weighted by molar-refractivity contribution is -0.0198. The third-order valence-corrected chi connectivity index (χ3v) is 4.00. The van der Waals surface area contributed by atoms with Crippen molar-refractivity contribution in [2.45, 2.75) is 18.5 Å². The fourth-order valence-electron chi connectivity index (χ4n) is 2.87. The van der Waals surface area contributed by atoms with E-state index in [0.29, 0.717) is 43.6 Å². The van der Waals surface area contributed by atoms with Crippen LogP contribution in [0.3, 0.4) is 0 Å². The number of aliphatic hydroxyl groups is 1. The molecule has 1 fully saturated rings. The monoisotopic (exact) mass is 337 g/mol. The second-order valence-electron chi connectivity index (χ2n) is 6.14. The topological polar surface area (TPSA) is 101 Å². The molecule has 8 heteroatoms. The molecule has 0 bridgehead atoms. The smallest absolute Gasteiger partial charge is 0.319 e. The molecule has 1 aromatic carbocycles. The minimum atomic E-state index is -0.676. The van der Waals surface area contributed by atoms with Crippen molar-refractivity contribution in [2.24, 2.45) is 0 Å². The van der Waals surface area contributed by atoms with Crippen LogP contribution in [-0.2, 0) is 4.74 Å². The van der Waals surface area contributed by atoms with Gasteiger partial charge in [-0.2, -0.15) is 0 Å². The fraction of sp³-hybridized carbons (Fsp3) is 0.562. The number of rotatable bonds is 4. The third kappa shape index (κ3) is 3.72. The van der Waals surface area contributed by atoms with Gasteiger partial charge in [-0.3, -0.25) is 0 Å². The van der Waals surface area contributed by atoms with Crippen molar-refractivity contribution < 1.29 is 24.1 Å². The summed E-state index contributed by atoms with van der Waals surface area (Å²) in [5, 5.41) is 18.5. The van der Waals surface area contributed by atoms with E-state index in [9.17, 15) is 9.90 Å². The van der Waals surface area contributed by atoms with Crippen LogP contribution in [0.2, 0.25) is 0 Å². The third-order valence-electron chi connectivity index (χ3n) is 4.00. The number of anilines is 1.